The molecule has 3 saturated heterocycles. The lowest BCUT2D eigenvalue weighted by Crippen LogP contribution is -2.61. The molecule has 11 atom stereocenters. The Morgan fingerprint density at radius 1 is 0.393 bits per heavy atom. The molecule has 0 aliphatic carbocycles. The van der Waals surface area contributed by atoms with Gasteiger partial charge in [0.25, 0.3) is 0 Å². The zero-order chi connectivity index (χ0) is 77.7. The molecule has 13 amide bonds. The number of nitrogens with one attached hydrogen (secondary N) is 11. The van der Waals surface area contributed by atoms with Crippen LogP contribution in [0.1, 0.15) is 149 Å². The van der Waals surface area contributed by atoms with Crippen molar-refractivity contribution in [3.05, 3.63) is 144 Å². The number of carbonyl (C=O) groups excluding carboxylic acids is 13. The van der Waals surface area contributed by atoms with E-state index in [2.05, 4.69) is 58.5 Å². The van der Waals surface area contributed by atoms with Crippen LogP contribution < -0.4 is 58.5 Å². The summed E-state index contributed by atoms with van der Waals surface area (Å²) in [6.45, 7) is 15.5. The van der Waals surface area contributed by atoms with E-state index in [1.165, 1.54) is 16.7 Å². The molecular weight excluding hydrogens is 1370 g/mol. The van der Waals surface area contributed by atoms with E-state index in [0.29, 0.717) is 24.0 Å². The molecule has 107 heavy (non-hydrogen) atoms. The molecule has 4 aromatic carbocycles. The number of alkyl carbamates (subject to hydrolysis) is 2. The predicted octanol–water partition coefficient (Wildman–Crippen LogP) is 4.67. The van der Waals surface area contributed by atoms with Gasteiger partial charge in [-0.3, -0.25) is 52.7 Å². The van der Waals surface area contributed by atoms with E-state index in [9.17, 15) is 47.9 Å². The number of carbonyl (C=O) groups is 13. The highest BCUT2D eigenvalue weighted by Gasteiger charge is 2.44. The summed E-state index contributed by atoms with van der Waals surface area (Å²) in [6, 6.07) is 21.4. The van der Waals surface area contributed by atoms with Crippen molar-refractivity contribution in [3.63, 3.8) is 0 Å². The first-order valence-corrected chi connectivity index (χ1v) is 37.5. The predicted molar refractivity (Wildman–Crippen MR) is 399 cm³/mol. The van der Waals surface area contributed by atoms with Crippen LogP contribution in [0.25, 0.3) is 0 Å². The van der Waals surface area contributed by atoms with Crippen LogP contribution in [0.3, 0.4) is 0 Å². The lowest BCUT2D eigenvalue weighted by Gasteiger charge is -2.32. The molecule has 3 fully saturated rings. The highest BCUT2D eigenvalue weighted by Crippen LogP contribution is 2.24. The third-order valence-electron chi connectivity index (χ3n) is 19.0. The van der Waals surface area contributed by atoms with Crippen molar-refractivity contribution in [2.45, 2.75) is 219 Å². The van der Waals surface area contributed by atoms with E-state index in [1.54, 1.807) is 137 Å². The van der Waals surface area contributed by atoms with Gasteiger partial charge in [0.1, 0.15) is 79.7 Å². The number of nitrogens with zero attached hydrogens (tertiary/aromatic N) is 2. The highest BCUT2D eigenvalue weighted by molar-refractivity contribution is 6.00. The summed E-state index contributed by atoms with van der Waals surface area (Å²) in [4.78, 5) is 192. The Bertz CT molecular complexity index is 3640. The van der Waals surface area contributed by atoms with E-state index in [0.717, 1.165) is 11.1 Å². The Labute approximate surface area is 627 Å². The van der Waals surface area contributed by atoms with Crippen molar-refractivity contribution in [2.75, 3.05) is 26.2 Å². The molecule has 0 spiro atoms. The highest BCUT2D eigenvalue weighted by atomic mass is 16.6. The molecule has 0 unspecified atom stereocenters. The molecule has 0 saturated carbocycles. The molecule has 28 heteroatoms. The van der Waals surface area contributed by atoms with E-state index in [1.807, 2.05) is 39.8 Å². The first-order chi connectivity index (χ1) is 51.1. The zero-order valence-corrected chi connectivity index (χ0v) is 63.0. The van der Waals surface area contributed by atoms with Crippen LogP contribution in [-0.4, -0.2) is 180 Å². The van der Waals surface area contributed by atoms with Crippen LogP contribution in [0.5, 0.6) is 0 Å². The molecule has 0 aromatic heterocycles. The SMILES string of the molecule is CC(C)C[C@@H]1NC(=O)[C@H](CCCNC(=O)OCc2ccccc2)NC(=O)[C@H](C(C)C)NC(=O)[C@@H]2CCCN2C(=O)[C@@H](Cc2ccccc2)NC(=O)[C@H](CC(C)C)NC(=O)[C@H](CCCNC(=O)OCc2ccccc2)NC(=O)[C@H](C(C)C)NC(=O)[C@@H]2CCCN2C(=O)[C@@H](Cc2ccccc2)NC(=O)[C@H](C)NC1=O. The van der Waals surface area contributed by atoms with Gasteiger partial charge in [-0.25, -0.2) is 9.59 Å². The van der Waals surface area contributed by atoms with E-state index >= 15 is 14.4 Å². The Hall–Kier alpha value is -10.4. The van der Waals surface area contributed by atoms with Crippen LogP contribution >= 0.6 is 0 Å². The number of hydrogen-bond donors (Lipinski definition) is 11. The molecule has 580 valence electrons. The van der Waals surface area contributed by atoms with Crippen LogP contribution in [0, 0.1) is 23.7 Å². The van der Waals surface area contributed by atoms with Gasteiger partial charge in [0.15, 0.2) is 0 Å². The van der Waals surface area contributed by atoms with Crippen molar-refractivity contribution in [1.82, 2.24) is 68.3 Å². The van der Waals surface area contributed by atoms with Gasteiger partial charge in [0, 0.05) is 39.0 Å². The Morgan fingerprint density at radius 3 is 1.07 bits per heavy atom. The van der Waals surface area contributed by atoms with E-state index in [4.69, 9.17) is 9.47 Å². The number of fused-ring (bicyclic) bond motifs is 2. The van der Waals surface area contributed by atoms with Crippen molar-refractivity contribution >= 4 is 77.2 Å². The smallest absolute Gasteiger partial charge is 0.407 e. The monoisotopic (exact) mass is 1480 g/mol. The normalized spacial score (nSPS) is 23.8. The molecule has 28 nitrogen and oxygen atoms in total. The number of hydrogen-bond acceptors (Lipinski definition) is 15. The van der Waals surface area contributed by atoms with Gasteiger partial charge >= 0.3 is 12.2 Å². The standard InChI is InChI=1S/C79H109N13O15/c1-48(2)42-59-70(96)82-52(9)67(93)87-61(44-53-26-14-10-15-27-53)76(102)91-40-24-36-63(91)72(98)89-66(51(7)8)75(101)84-58(35-23-39-81-79(105)107-47-56-32-20-13-21-33-56)69(95)86-60(43-49(3)4)71(97)88-62(45-54-28-16-11-17-29-54)77(103)92-41-25-37-64(92)73(99)90-65(50(5)6)74(100)83-57(68(94)85-59)34-22-38-80-78(104)106-46-55-30-18-12-19-31-55/h10-21,26-33,48-52,57-66H,22-25,34-47H2,1-9H3,(H,80,104)(H,81,105)(H,82,96)(H,83,100)(H,84,101)(H,85,94)(H,86,95)(H,87,93)(H,88,97)(H,89,98)(H,90,99)/t52-,57-,58-,59-,60-,61+,62+,63-,64-,65-,66-/m0/s1. The number of amides is 13. The minimum atomic E-state index is -1.40. The molecule has 3 aliphatic rings. The quantitative estimate of drug-likeness (QED) is 0.0477. The lowest BCUT2D eigenvalue weighted by atomic mass is 9.99. The van der Waals surface area contributed by atoms with Crippen LogP contribution in [0.2, 0.25) is 0 Å². The average molecular weight is 1480 g/mol. The van der Waals surface area contributed by atoms with Crippen molar-refractivity contribution < 1.29 is 71.8 Å². The second-order valence-electron chi connectivity index (χ2n) is 29.3. The second kappa shape index (κ2) is 42.1. The van der Waals surface area contributed by atoms with Crippen LogP contribution in [0.4, 0.5) is 9.59 Å². The first kappa shape index (κ1) is 83.9. The third kappa shape index (κ3) is 26.5. The summed E-state index contributed by atoms with van der Waals surface area (Å²) in [6.07, 6.45) is -0.454. The summed E-state index contributed by atoms with van der Waals surface area (Å²) in [5, 5.41) is 30.7. The van der Waals surface area contributed by atoms with E-state index in [-0.39, 0.29) is 115 Å². The van der Waals surface area contributed by atoms with E-state index < -0.39 is 155 Å². The summed E-state index contributed by atoms with van der Waals surface area (Å²) in [5.41, 5.74) is 2.80. The fourth-order valence-corrected chi connectivity index (χ4v) is 13.2. The van der Waals surface area contributed by atoms with Gasteiger partial charge in [0.2, 0.25) is 65.0 Å². The van der Waals surface area contributed by atoms with Gasteiger partial charge in [0.05, 0.1) is 0 Å². The maximum absolute atomic E-state index is 15.3. The number of rotatable bonds is 22. The van der Waals surface area contributed by atoms with Crippen molar-refractivity contribution in [1.29, 1.82) is 0 Å². The maximum Gasteiger partial charge on any atom is 0.407 e. The van der Waals surface area contributed by atoms with Crippen LogP contribution in [-0.2, 0) is 88.3 Å². The molecule has 0 bridgehead atoms. The van der Waals surface area contributed by atoms with Crippen molar-refractivity contribution in [2.24, 2.45) is 23.7 Å². The van der Waals surface area contributed by atoms with Gasteiger partial charge in [-0.05, 0) is 117 Å². The molecule has 3 heterocycles. The lowest BCUT2D eigenvalue weighted by molar-refractivity contribution is -0.143. The van der Waals surface area contributed by atoms with Gasteiger partial charge in [-0.2, -0.15) is 0 Å². The average Bonchev–Trinajstić information content (AvgIpc) is 1.76. The summed E-state index contributed by atoms with van der Waals surface area (Å²) in [5.74, 6) is -9.89. The zero-order valence-electron chi connectivity index (χ0n) is 63.0. The summed E-state index contributed by atoms with van der Waals surface area (Å²) in [7, 11) is 0. The molecule has 3 aliphatic heterocycles. The number of benzene rings is 4. The Morgan fingerprint density at radius 2 is 0.710 bits per heavy atom. The molecular formula is C79H109N13O15. The fraction of sp³-hybridized carbons (Fsp3) is 0.532. The number of ether oxygens (including phenoxy) is 2. The van der Waals surface area contributed by atoms with Crippen LogP contribution in [0.15, 0.2) is 121 Å². The molecule has 11 N–H and O–H groups in total. The molecule has 7 rings (SSSR count). The molecule has 4 aromatic rings. The topological polar surface area (TPSA) is 379 Å². The fourth-order valence-electron chi connectivity index (χ4n) is 13.2. The molecule has 0 radical (unpaired) electrons. The van der Waals surface area contributed by atoms with Crippen molar-refractivity contribution in [3.8, 4) is 0 Å². The van der Waals surface area contributed by atoms with Gasteiger partial charge in [-0.1, -0.05) is 177 Å². The second-order valence-corrected chi connectivity index (χ2v) is 29.3. The van der Waals surface area contributed by atoms with Gasteiger partial charge < -0.3 is 77.8 Å². The summed E-state index contributed by atoms with van der Waals surface area (Å²) < 4.78 is 10.8. The summed E-state index contributed by atoms with van der Waals surface area (Å²) >= 11 is 0. The third-order valence-corrected chi connectivity index (χ3v) is 19.0. The Balaban J connectivity index is 1.23. The minimum absolute atomic E-state index is 0.0121. The first-order valence-electron chi connectivity index (χ1n) is 37.5. The minimum Gasteiger partial charge on any atom is -0.445 e. The largest absolute Gasteiger partial charge is 0.445 e. The maximum atomic E-state index is 15.3. The Kier molecular flexibility index (Phi) is 33.0. The van der Waals surface area contributed by atoms with Gasteiger partial charge in [-0.15, -0.1) is 0 Å².